The van der Waals surface area contributed by atoms with Crippen molar-refractivity contribution < 1.29 is 19.3 Å². The van der Waals surface area contributed by atoms with E-state index in [1.807, 2.05) is 12.1 Å². The van der Waals surface area contributed by atoms with Crippen molar-refractivity contribution in [1.82, 2.24) is 20.5 Å². The summed E-state index contributed by atoms with van der Waals surface area (Å²) in [6.45, 7) is 3.37. The Balaban J connectivity index is 1.23. The molecular weight excluding hydrogens is 507 g/mol. The molecule has 8 nitrogen and oxygen atoms in total. The van der Waals surface area contributed by atoms with E-state index in [0.717, 1.165) is 59.3 Å². The molecule has 0 spiro atoms. The molecule has 1 fully saturated rings. The maximum Gasteiger partial charge on any atom is 0.305 e. The molecule has 0 unspecified atom stereocenters. The summed E-state index contributed by atoms with van der Waals surface area (Å²) in [5, 5.41) is 15.8. The van der Waals surface area contributed by atoms with Crippen LogP contribution in [-0.4, -0.2) is 59.8 Å². The van der Waals surface area contributed by atoms with Gasteiger partial charge in [0.1, 0.15) is 11.3 Å². The number of hydrogen-bond donors (Lipinski definition) is 4. The summed E-state index contributed by atoms with van der Waals surface area (Å²) in [7, 11) is 0. The third-order valence-corrected chi connectivity index (χ3v) is 8.11. The van der Waals surface area contributed by atoms with Crippen LogP contribution in [0.3, 0.4) is 0 Å². The molecule has 2 aromatic carbocycles. The van der Waals surface area contributed by atoms with Gasteiger partial charge < -0.3 is 25.4 Å². The fraction of sp³-hybridized carbons (Fsp3) is 0.500. The lowest BCUT2D eigenvalue weighted by molar-refractivity contribution is -0.136. The van der Waals surface area contributed by atoms with Crippen LogP contribution in [0.25, 0.3) is 10.2 Å². The van der Waals surface area contributed by atoms with Gasteiger partial charge in [-0.2, -0.15) is 0 Å². The molecule has 0 saturated heterocycles. The number of H-pyrrole nitrogens is 1. The molecule has 0 bridgehead atoms. The number of fused-ring (bicyclic) bond motifs is 1. The lowest BCUT2D eigenvalue weighted by Crippen LogP contribution is -2.45. The molecule has 0 atom stereocenters. The van der Waals surface area contributed by atoms with Crippen LogP contribution in [0.1, 0.15) is 49.7 Å². The smallest absolute Gasteiger partial charge is 0.305 e. The minimum Gasteiger partial charge on any atom is -0.338 e. The second-order valence-electron chi connectivity index (χ2n) is 9.79. The van der Waals surface area contributed by atoms with Crippen LogP contribution in [0.15, 0.2) is 41.2 Å². The van der Waals surface area contributed by atoms with Gasteiger partial charge in [-0.1, -0.05) is 48.8 Å². The maximum absolute atomic E-state index is 13.3. The van der Waals surface area contributed by atoms with E-state index in [0.29, 0.717) is 57.1 Å². The van der Waals surface area contributed by atoms with Crippen molar-refractivity contribution in [3.8, 4) is 5.75 Å². The summed E-state index contributed by atoms with van der Waals surface area (Å²) in [5.41, 5.74) is 2.46. The van der Waals surface area contributed by atoms with E-state index in [2.05, 4.69) is 25.4 Å². The molecule has 0 aliphatic heterocycles. The van der Waals surface area contributed by atoms with E-state index in [1.165, 1.54) is 12.5 Å². The molecule has 10 heteroatoms. The van der Waals surface area contributed by atoms with Gasteiger partial charge in [0.2, 0.25) is 5.91 Å². The number of halogens is 1. The number of aromatic amines is 1. The van der Waals surface area contributed by atoms with Crippen molar-refractivity contribution in [2.24, 2.45) is 0 Å². The van der Waals surface area contributed by atoms with E-state index in [1.54, 1.807) is 18.2 Å². The van der Waals surface area contributed by atoms with Gasteiger partial charge in [-0.15, -0.1) is 0 Å². The molecule has 1 aliphatic carbocycles. The van der Waals surface area contributed by atoms with Crippen molar-refractivity contribution in [2.75, 3.05) is 32.7 Å². The molecule has 1 saturated carbocycles. The highest BCUT2D eigenvalue weighted by atomic mass is 32.1. The zero-order valence-electron chi connectivity index (χ0n) is 21.6. The lowest BCUT2D eigenvalue weighted by atomic mass is 9.94. The molecule has 1 heterocycles. The first-order valence-electron chi connectivity index (χ1n) is 13.5. The molecule has 1 amide bonds. The molecule has 1 aromatic heterocycles. The van der Waals surface area contributed by atoms with Crippen LogP contribution in [0.2, 0.25) is 0 Å². The van der Waals surface area contributed by atoms with E-state index in [4.69, 9.17) is 5.26 Å². The van der Waals surface area contributed by atoms with E-state index in [9.17, 15) is 14.0 Å². The Bertz CT molecular complexity index is 1240. The van der Waals surface area contributed by atoms with Gasteiger partial charge in [0.15, 0.2) is 5.75 Å². The molecular formula is C28H37FN4O4S. The predicted molar refractivity (Wildman–Crippen MR) is 148 cm³/mol. The Kier molecular flexibility index (Phi) is 10.7. The number of amides is 1. The SMILES string of the molecule is O=C(CCNCCc1cccc(F)c1)N(CCNCCc1ccc(OO)c2[nH]c(=O)sc12)C1CCCCC1. The Hall–Kier alpha value is -2.79. The van der Waals surface area contributed by atoms with Gasteiger partial charge in [0.25, 0.3) is 0 Å². The molecule has 3 aromatic rings. The summed E-state index contributed by atoms with van der Waals surface area (Å²) in [6.07, 6.45) is 7.56. The van der Waals surface area contributed by atoms with Crippen LogP contribution in [-0.2, 0) is 17.6 Å². The van der Waals surface area contributed by atoms with Gasteiger partial charge in [0, 0.05) is 32.1 Å². The van der Waals surface area contributed by atoms with Gasteiger partial charge in [0.05, 0.1) is 4.70 Å². The van der Waals surface area contributed by atoms with Crippen LogP contribution in [0.5, 0.6) is 5.75 Å². The third-order valence-electron chi connectivity index (χ3n) is 7.15. The van der Waals surface area contributed by atoms with Gasteiger partial charge in [-0.25, -0.2) is 9.65 Å². The predicted octanol–water partition coefficient (Wildman–Crippen LogP) is 4.10. The average Bonchev–Trinajstić information content (AvgIpc) is 3.32. The highest BCUT2D eigenvalue weighted by Crippen LogP contribution is 2.28. The fourth-order valence-corrected chi connectivity index (χ4v) is 6.07. The number of thiazole rings is 1. The summed E-state index contributed by atoms with van der Waals surface area (Å²) >= 11 is 1.10. The molecule has 1 aliphatic rings. The molecule has 38 heavy (non-hydrogen) atoms. The van der Waals surface area contributed by atoms with Crippen molar-refractivity contribution in [3.63, 3.8) is 0 Å². The highest BCUT2D eigenvalue weighted by molar-refractivity contribution is 7.16. The highest BCUT2D eigenvalue weighted by Gasteiger charge is 2.24. The quantitative estimate of drug-likeness (QED) is 0.138. The van der Waals surface area contributed by atoms with Crippen molar-refractivity contribution in [2.45, 2.75) is 57.4 Å². The fourth-order valence-electron chi connectivity index (χ4n) is 5.18. The molecule has 4 N–H and O–H groups in total. The number of benzene rings is 2. The van der Waals surface area contributed by atoms with E-state index < -0.39 is 0 Å². The number of hydrogen-bond acceptors (Lipinski definition) is 7. The number of nitrogens with zero attached hydrogens (tertiary/aromatic N) is 1. The van der Waals surface area contributed by atoms with Gasteiger partial charge >= 0.3 is 4.87 Å². The zero-order chi connectivity index (χ0) is 26.7. The molecule has 0 radical (unpaired) electrons. The third kappa shape index (κ3) is 7.86. The van der Waals surface area contributed by atoms with Crippen LogP contribution in [0.4, 0.5) is 4.39 Å². The number of rotatable bonds is 14. The zero-order valence-corrected chi connectivity index (χ0v) is 22.5. The first-order valence-corrected chi connectivity index (χ1v) is 14.3. The topological polar surface area (TPSA) is 107 Å². The number of nitrogens with one attached hydrogen (secondary N) is 3. The number of carbonyl (C=O) groups is 1. The second-order valence-corrected chi connectivity index (χ2v) is 10.8. The summed E-state index contributed by atoms with van der Waals surface area (Å²) in [5.74, 6) is 0.189. The Morgan fingerprint density at radius 3 is 2.66 bits per heavy atom. The lowest BCUT2D eigenvalue weighted by Gasteiger charge is -2.34. The van der Waals surface area contributed by atoms with Crippen LogP contribution in [0, 0.1) is 5.82 Å². The second kappa shape index (κ2) is 14.4. The van der Waals surface area contributed by atoms with Gasteiger partial charge in [-0.3, -0.25) is 9.59 Å². The first-order chi connectivity index (χ1) is 18.5. The Labute approximate surface area is 226 Å². The normalized spacial score (nSPS) is 14.2. The number of carbonyl (C=O) groups excluding carboxylic acids is 1. The minimum absolute atomic E-state index is 0.176. The van der Waals surface area contributed by atoms with E-state index >= 15 is 0 Å². The average molecular weight is 545 g/mol. The largest absolute Gasteiger partial charge is 0.338 e. The standard InChI is InChI=1S/C28H37FN4O4S/c29-22-6-4-5-20(19-22)11-14-30-16-13-25(34)33(23-7-2-1-3-8-23)18-17-31-15-12-21-9-10-24(37-36)26-27(21)38-28(35)32-26/h4-6,9-10,19,23,30-31,36H,1-3,7-8,11-18H2,(H,32,35). The van der Waals surface area contributed by atoms with Crippen LogP contribution >= 0.6 is 11.3 Å². The van der Waals surface area contributed by atoms with Crippen molar-refractivity contribution in [3.05, 3.63) is 63.0 Å². The van der Waals surface area contributed by atoms with Crippen LogP contribution < -0.4 is 20.4 Å². The monoisotopic (exact) mass is 544 g/mol. The summed E-state index contributed by atoms with van der Waals surface area (Å²) in [6, 6.07) is 10.4. The van der Waals surface area contributed by atoms with Crippen molar-refractivity contribution >= 4 is 27.5 Å². The van der Waals surface area contributed by atoms with Gasteiger partial charge in [-0.05, 0) is 68.1 Å². The first kappa shape index (κ1) is 28.2. The Morgan fingerprint density at radius 1 is 1.08 bits per heavy atom. The summed E-state index contributed by atoms with van der Waals surface area (Å²) in [4.78, 5) is 33.9. The molecule has 4 rings (SSSR count). The summed E-state index contributed by atoms with van der Waals surface area (Å²) < 4.78 is 14.1. The van der Waals surface area contributed by atoms with E-state index in [-0.39, 0.29) is 22.3 Å². The molecule has 206 valence electrons. The minimum atomic E-state index is -0.224. The number of aromatic nitrogens is 1. The maximum atomic E-state index is 13.3. The Morgan fingerprint density at radius 2 is 1.87 bits per heavy atom. The van der Waals surface area contributed by atoms with Crippen molar-refractivity contribution in [1.29, 1.82) is 0 Å².